The molecule has 0 saturated carbocycles. The minimum absolute atomic E-state index is 0.105. The fourth-order valence-electron chi connectivity index (χ4n) is 2.33. The summed E-state index contributed by atoms with van der Waals surface area (Å²) in [6, 6.07) is 11.5. The Balaban J connectivity index is 2.08. The predicted molar refractivity (Wildman–Crippen MR) is 77.3 cm³/mol. The molecule has 0 fully saturated rings. The number of methoxy groups -OCH3 is 1. The Kier molecular flexibility index (Phi) is 3.22. The molecule has 0 unspecified atom stereocenters. The number of fused-ring (bicyclic) bond motifs is 1. The molecule has 0 spiro atoms. The maximum Gasteiger partial charge on any atom is 0.228 e. The average Bonchev–Trinajstić information content (AvgIpc) is 2.84. The first-order valence-corrected chi connectivity index (χ1v) is 6.48. The molecule has 0 saturated heterocycles. The lowest BCUT2D eigenvalue weighted by molar-refractivity contribution is 0.101. The molecule has 0 N–H and O–H groups in total. The van der Waals surface area contributed by atoms with Gasteiger partial charge in [0.25, 0.3) is 0 Å². The van der Waals surface area contributed by atoms with Crippen molar-refractivity contribution in [3.05, 3.63) is 65.2 Å². The van der Waals surface area contributed by atoms with Crippen LogP contribution in [0.15, 0.2) is 46.9 Å². The SMILES string of the molecule is COc1ccc(C(=O)c2oc3ccccc3c2C)cc1F. The summed E-state index contributed by atoms with van der Waals surface area (Å²) in [6.07, 6.45) is 0. The van der Waals surface area contributed by atoms with Crippen molar-refractivity contribution < 1.29 is 18.3 Å². The van der Waals surface area contributed by atoms with Crippen LogP contribution in [0.5, 0.6) is 5.75 Å². The summed E-state index contributed by atoms with van der Waals surface area (Å²) >= 11 is 0. The van der Waals surface area contributed by atoms with Crippen molar-refractivity contribution in [2.75, 3.05) is 7.11 Å². The van der Waals surface area contributed by atoms with Crippen molar-refractivity contribution >= 4 is 16.8 Å². The first kappa shape index (κ1) is 13.4. The average molecular weight is 284 g/mol. The molecule has 0 aliphatic carbocycles. The fourth-order valence-corrected chi connectivity index (χ4v) is 2.33. The number of halogens is 1. The molecule has 106 valence electrons. The summed E-state index contributed by atoms with van der Waals surface area (Å²) in [5.41, 5.74) is 1.63. The molecule has 0 bridgehead atoms. The second-order valence-corrected chi connectivity index (χ2v) is 4.73. The van der Waals surface area contributed by atoms with Gasteiger partial charge >= 0.3 is 0 Å². The van der Waals surface area contributed by atoms with Gasteiger partial charge in [-0.1, -0.05) is 18.2 Å². The quantitative estimate of drug-likeness (QED) is 0.679. The Morgan fingerprint density at radius 1 is 1.19 bits per heavy atom. The third kappa shape index (κ3) is 2.18. The second-order valence-electron chi connectivity index (χ2n) is 4.73. The number of carbonyl (C=O) groups is 1. The molecule has 2 aromatic carbocycles. The minimum atomic E-state index is -0.572. The van der Waals surface area contributed by atoms with Crippen LogP contribution < -0.4 is 4.74 Å². The number of carbonyl (C=O) groups excluding carboxylic acids is 1. The van der Waals surface area contributed by atoms with Crippen molar-refractivity contribution in [1.29, 1.82) is 0 Å². The molecule has 0 atom stereocenters. The number of benzene rings is 2. The van der Waals surface area contributed by atoms with E-state index < -0.39 is 5.82 Å². The highest BCUT2D eigenvalue weighted by molar-refractivity contribution is 6.10. The van der Waals surface area contributed by atoms with Gasteiger partial charge in [-0.05, 0) is 31.2 Å². The number of aryl methyl sites for hydroxylation is 1. The minimum Gasteiger partial charge on any atom is -0.494 e. The number of rotatable bonds is 3. The lowest BCUT2D eigenvalue weighted by atomic mass is 10.0. The maximum atomic E-state index is 13.7. The van der Waals surface area contributed by atoms with Crippen molar-refractivity contribution in [3.63, 3.8) is 0 Å². The van der Waals surface area contributed by atoms with E-state index in [1.165, 1.54) is 19.2 Å². The Morgan fingerprint density at radius 2 is 1.95 bits per heavy atom. The van der Waals surface area contributed by atoms with Gasteiger partial charge in [0, 0.05) is 16.5 Å². The van der Waals surface area contributed by atoms with Crippen LogP contribution in [0, 0.1) is 12.7 Å². The zero-order valence-electron chi connectivity index (χ0n) is 11.6. The number of para-hydroxylation sites is 1. The predicted octanol–water partition coefficient (Wildman–Crippen LogP) is 4.12. The van der Waals surface area contributed by atoms with Crippen LogP contribution in [0.1, 0.15) is 21.7 Å². The summed E-state index contributed by atoms with van der Waals surface area (Å²) in [7, 11) is 1.38. The van der Waals surface area contributed by atoms with E-state index in [2.05, 4.69) is 0 Å². The number of hydrogen-bond donors (Lipinski definition) is 0. The van der Waals surface area contributed by atoms with Crippen molar-refractivity contribution in [1.82, 2.24) is 0 Å². The van der Waals surface area contributed by atoms with E-state index in [-0.39, 0.29) is 22.9 Å². The Bertz CT molecular complexity index is 833. The van der Waals surface area contributed by atoms with Crippen LogP contribution in [-0.2, 0) is 0 Å². The van der Waals surface area contributed by atoms with E-state index >= 15 is 0 Å². The monoisotopic (exact) mass is 284 g/mol. The number of ketones is 1. The van der Waals surface area contributed by atoms with Crippen LogP contribution in [0.4, 0.5) is 4.39 Å². The standard InChI is InChI=1S/C17H13FO3/c1-10-12-5-3-4-6-14(12)21-17(10)16(19)11-7-8-15(20-2)13(18)9-11/h3-9H,1-2H3. The van der Waals surface area contributed by atoms with Crippen LogP contribution >= 0.6 is 0 Å². The zero-order chi connectivity index (χ0) is 15.0. The first-order chi connectivity index (χ1) is 10.1. The molecule has 0 amide bonds. The van der Waals surface area contributed by atoms with Crippen LogP contribution in [0.3, 0.4) is 0 Å². The van der Waals surface area contributed by atoms with Gasteiger partial charge in [-0.3, -0.25) is 4.79 Å². The lowest BCUT2D eigenvalue weighted by Crippen LogP contribution is -2.02. The summed E-state index contributed by atoms with van der Waals surface area (Å²) in [5, 5.41) is 0.884. The number of ether oxygens (including phenoxy) is 1. The smallest absolute Gasteiger partial charge is 0.228 e. The fraction of sp³-hybridized carbons (Fsp3) is 0.118. The van der Waals surface area contributed by atoms with E-state index in [9.17, 15) is 9.18 Å². The second kappa shape index (κ2) is 5.05. The molecule has 3 nitrogen and oxygen atoms in total. The third-order valence-electron chi connectivity index (χ3n) is 3.46. The summed E-state index contributed by atoms with van der Waals surface area (Å²) in [6.45, 7) is 1.82. The summed E-state index contributed by atoms with van der Waals surface area (Å²) < 4.78 is 24.2. The van der Waals surface area contributed by atoms with Crippen molar-refractivity contribution in [2.24, 2.45) is 0 Å². The molecule has 0 aliphatic rings. The van der Waals surface area contributed by atoms with Gasteiger partial charge in [-0.15, -0.1) is 0 Å². The summed E-state index contributed by atoms with van der Waals surface area (Å²) in [4.78, 5) is 12.5. The molecule has 0 radical (unpaired) electrons. The van der Waals surface area contributed by atoms with E-state index in [0.29, 0.717) is 5.58 Å². The van der Waals surface area contributed by atoms with Crippen LogP contribution in [0.25, 0.3) is 11.0 Å². The topological polar surface area (TPSA) is 39.4 Å². The van der Waals surface area contributed by atoms with E-state index in [4.69, 9.17) is 9.15 Å². The number of furan rings is 1. The molecule has 4 heteroatoms. The van der Waals surface area contributed by atoms with E-state index in [1.54, 1.807) is 6.07 Å². The van der Waals surface area contributed by atoms with Gasteiger partial charge in [0.15, 0.2) is 17.3 Å². The van der Waals surface area contributed by atoms with Gasteiger partial charge < -0.3 is 9.15 Å². The Morgan fingerprint density at radius 3 is 2.62 bits per heavy atom. The molecule has 0 aliphatic heterocycles. The zero-order valence-corrected chi connectivity index (χ0v) is 11.6. The van der Waals surface area contributed by atoms with E-state index in [0.717, 1.165) is 17.0 Å². The summed E-state index contributed by atoms with van der Waals surface area (Å²) in [5.74, 6) is -0.573. The Hall–Kier alpha value is -2.62. The van der Waals surface area contributed by atoms with Gasteiger partial charge in [-0.2, -0.15) is 0 Å². The van der Waals surface area contributed by atoms with E-state index in [1.807, 2.05) is 25.1 Å². The molecular weight excluding hydrogens is 271 g/mol. The normalized spacial score (nSPS) is 10.8. The van der Waals surface area contributed by atoms with Crippen molar-refractivity contribution in [3.8, 4) is 5.75 Å². The molecular formula is C17H13FO3. The van der Waals surface area contributed by atoms with Crippen molar-refractivity contribution in [2.45, 2.75) is 6.92 Å². The number of hydrogen-bond acceptors (Lipinski definition) is 3. The highest BCUT2D eigenvalue weighted by Crippen LogP contribution is 2.27. The van der Waals surface area contributed by atoms with Gasteiger partial charge in [-0.25, -0.2) is 4.39 Å². The molecule has 1 heterocycles. The van der Waals surface area contributed by atoms with Crippen LogP contribution in [0.2, 0.25) is 0 Å². The Labute approximate surface area is 120 Å². The maximum absolute atomic E-state index is 13.7. The van der Waals surface area contributed by atoms with Gasteiger partial charge in [0.2, 0.25) is 5.78 Å². The third-order valence-corrected chi connectivity index (χ3v) is 3.46. The highest BCUT2D eigenvalue weighted by Gasteiger charge is 2.20. The lowest BCUT2D eigenvalue weighted by Gasteiger charge is -2.03. The van der Waals surface area contributed by atoms with Gasteiger partial charge in [0.1, 0.15) is 5.58 Å². The first-order valence-electron chi connectivity index (χ1n) is 6.48. The van der Waals surface area contributed by atoms with Gasteiger partial charge in [0.05, 0.1) is 7.11 Å². The molecule has 21 heavy (non-hydrogen) atoms. The largest absolute Gasteiger partial charge is 0.494 e. The highest BCUT2D eigenvalue weighted by atomic mass is 19.1. The molecule has 1 aromatic heterocycles. The van der Waals surface area contributed by atoms with Crippen LogP contribution in [-0.4, -0.2) is 12.9 Å². The molecule has 3 aromatic rings. The molecule has 3 rings (SSSR count).